The van der Waals surface area contributed by atoms with E-state index in [2.05, 4.69) is 23.0 Å². The fourth-order valence-corrected chi connectivity index (χ4v) is 6.79. The smallest absolute Gasteiger partial charge is 0.266 e. The second-order valence-electron chi connectivity index (χ2n) is 9.64. The molecular formula is C30H32ClN3O2S. The summed E-state index contributed by atoms with van der Waals surface area (Å²) in [6.45, 7) is 5.26. The Morgan fingerprint density at radius 3 is 2.51 bits per heavy atom. The van der Waals surface area contributed by atoms with Crippen LogP contribution < -0.4 is 4.74 Å². The number of nitrogens with zero attached hydrogens (tertiary/aromatic N) is 3. The zero-order valence-electron chi connectivity index (χ0n) is 21.3. The van der Waals surface area contributed by atoms with Crippen molar-refractivity contribution < 1.29 is 9.53 Å². The Bertz CT molecular complexity index is 1370. The second-order valence-corrected chi connectivity index (χ2v) is 11.1. The molecule has 5 rings (SSSR count). The van der Waals surface area contributed by atoms with Crippen LogP contribution in [0.5, 0.6) is 5.75 Å². The summed E-state index contributed by atoms with van der Waals surface area (Å²) in [7, 11) is 0. The third kappa shape index (κ3) is 5.51. The van der Waals surface area contributed by atoms with Crippen LogP contribution in [0.1, 0.15) is 61.2 Å². The Labute approximate surface area is 227 Å². The Hall–Kier alpha value is -2.96. The van der Waals surface area contributed by atoms with Gasteiger partial charge in [0, 0.05) is 46.2 Å². The molecule has 2 aromatic carbocycles. The number of carbonyl (C=O) groups excluding carboxylic acids is 1. The van der Waals surface area contributed by atoms with Gasteiger partial charge in [0.2, 0.25) is 0 Å². The average Bonchev–Trinajstić information content (AvgIpc) is 3.29. The maximum Gasteiger partial charge on any atom is 0.266 e. The number of ether oxygens (including phenoxy) is 1. The van der Waals surface area contributed by atoms with Crippen molar-refractivity contribution in [2.75, 3.05) is 6.61 Å². The number of amides is 1. The molecule has 0 unspecified atom stereocenters. The molecule has 1 fully saturated rings. The predicted octanol–water partition coefficient (Wildman–Crippen LogP) is 8.02. The van der Waals surface area contributed by atoms with Gasteiger partial charge in [-0.2, -0.15) is 0 Å². The van der Waals surface area contributed by atoms with Gasteiger partial charge in [-0.3, -0.25) is 4.79 Å². The van der Waals surface area contributed by atoms with Crippen LogP contribution >= 0.6 is 22.9 Å². The molecule has 1 amide bonds. The molecule has 1 aliphatic rings. The quantitative estimate of drug-likeness (QED) is 0.230. The van der Waals surface area contributed by atoms with E-state index in [1.54, 1.807) is 12.4 Å². The Morgan fingerprint density at radius 2 is 1.81 bits per heavy atom. The molecule has 2 heterocycles. The van der Waals surface area contributed by atoms with Crippen LogP contribution in [0, 0.1) is 5.92 Å². The van der Waals surface area contributed by atoms with Gasteiger partial charge in [0.15, 0.2) is 0 Å². The third-order valence-corrected chi connectivity index (χ3v) is 9.08. The van der Waals surface area contributed by atoms with Crippen LogP contribution in [-0.2, 0) is 6.54 Å². The minimum Gasteiger partial charge on any atom is -0.494 e. The van der Waals surface area contributed by atoms with Crippen molar-refractivity contribution in [1.29, 1.82) is 0 Å². The van der Waals surface area contributed by atoms with Gasteiger partial charge in [-0.25, -0.2) is 9.97 Å². The summed E-state index contributed by atoms with van der Waals surface area (Å²) in [4.78, 5) is 25.2. The topological polar surface area (TPSA) is 55.3 Å². The summed E-state index contributed by atoms with van der Waals surface area (Å²) in [6.07, 6.45) is 10.6. The minimum absolute atomic E-state index is 0.00189. The van der Waals surface area contributed by atoms with Gasteiger partial charge in [0.05, 0.1) is 11.6 Å². The lowest BCUT2D eigenvalue weighted by molar-refractivity contribution is 0.0590. The zero-order chi connectivity index (χ0) is 25.8. The summed E-state index contributed by atoms with van der Waals surface area (Å²) in [5, 5.41) is 1.49. The number of carbonyl (C=O) groups is 1. The summed E-state index contributed by atoms with van der Waals surface area (Å²) >= 11 is 8.28. The van der Waals surface area contributed by atoms with Gasteiger partial charge in [-0.1, -0.05) is 49.2 Å². The number of thiophene rings is 1. The highest BCUT2D eigenvalue weighted by molar-refractivity contribution is 7.21. The molecule has 0 radical (unpaired) electrons. The first-order valence-corrected chi connectivity index (χ1v) is 14.3. The molecule has 7 heteroatoms. The first-order valence-electron chi connectivity index (χ1n) is 13.1. The number of hydrogen-bond acceptors (Lipinski definition) is 5. The number of hydrogen-bond donors (Lipinski definition) is 0. The van der Waals surface area contributed by atoms with Gasteiger partial charge in [-0.15, -0.1) is 11.3 Å². The molecule has 192 valence electrons. The molecule has 2 aromatic heterocycles. The molecule has 0 atom stereocenters. The Kier molecular flexibility index (Phi) is 8.06. The molecule has 1 aliphatic carbocycles. The van der Waals surface area contributed by atoms with E-state index in [4.69, 9.17) is 16.3 Å². The number of halogens is 1. The lowest BCUT2D eigenvalue weighted by Crippen LogP contribution is -2.41. The highest BCUT2D eigenvalue weighted by Gasteiger charge is 2.32. The van der Waals surface area contributed by atoms with E-state index in [9.17, 15) is 4.79 Å². The third-order valence-electron chi connectivity index (χ3n) is 7.42. The van der Waals surface area contributed by atoms with Crippen molar-refractivity contribution in [3.8, 4) is 16.9 Å². The molecule has 0 spiro atoms. The largest absolute Gasteiger partial charge is 0.494 e. The van der Waals surface area contributed by atoms with E-state index in [0.717, 1.165) is 64.1 Å². The summed E-state index contributed by atoms with van der Waals surface area (Å²) in [5.41, 5.74) is 2.91. The highest BCUT2D eigenvalue weighted by Crippen LogP contribution is 2.39. The second kappa shape index (κ2) is 11.6. The van der Waals surface area contributed by atoms with Crippen molar-refractivity contribution in [3.63, 3.8) is 0 Å². The Balaban J connectivity index is 1.53. The predicted molar refractivity (Wildman–Crippen MR) is 151 cm³/mol. The summed E-state index contributed by atoms with van der Waals surface area (Å²) in [5.74, 6) is 1.54. The fourth-order valence-electron chi connectivity index (χ4n) is 5.32. The number of aromatic nitrogens is 2. The SMILES string of the molecule is CCOc1ccc(-c2cncnc2)cc1CN(C(=O)c1sc2ccccc2c1Cl)[C@H]1CC[C@H](CC)CC1. The number of rotatable bonds is 8. The summed E-state index contributed by atoms with van der Waals surface area (Å²) in [6, 6.07) is 14.2. The monoisotopic (exact) mass is 533 g/mol. The van der Waals surface area contributed by atoms with Gasteiger partial charge in [0.1, 0.15) is 17.0 Å². The van der Waals surface area contributed by atoms with Crippen LogP contribution in [0.4, 0.5) is 0 Å². The molecule has 37 heavy (non-hydrogen) atoms. The number of fused-ring (bicyclic) bond motifs is 1. The fraction of sp³-hybridized carbons (Fsp3) is 0.367. The van der Waals surface area contributed by atoms with Crippen LogP contribution in [-0.4, -0.2) is 33.4 Å². The molecule has 5 nitrogen and oxygen atoms in total. The normalized spacial score (nSPS) is 17.6. The van der Waals surface area contributed by atoms with E-state index in [1.807, 2.05) is 48.2 Å². The molecule has 0 bridgehead atoms. The molecule has 0 saturated heterocycles. The van der Waals surface area contributed by atoms with E-state index in [-0.39, 0.29) is 11.9 Å². The highest BCUT2D eigenvalue weighted by atomic mass is 35.5. The van der Waals surface area contributed by atoms with E-state index in [0.29, 0.717) is 23.1 Å². The minimum atomic E-state index is 0.00189. The van der Waals surface area contributed by atoms with Crippen LogP contribution in [0.2, 0.25) is 5.02 Å². The first-order chi connectivity index (χ1) is 18.1. The maximum atomic E-state index is 14.2. The van der Waals surface area contributed by atoms with E-state index < -0.39 is 0 Å². The molecular weight excluding hydrogens is 502 g/mol. The van der Waals surface area contributed by atoms with Gasteiger partial charge < -0.3 is 9.64 Å². The lowest BCUT2D eigenvalue weighted by Gasteiger charge is -2.37. The molecule has 0 aliphatic heterocycles. The molecule has 1 saturated carbocycles. The van der Waals surface area contributed by atoms with Gasteiger partial charge in [0.25, 0.3) is 5.91 Å². The standard InChI is InChI=1S/C30H32ClN3O2S/c1-3-20-9-12-24(13-10-20)34(30(35)29-28(31)25-7-5-6-8-27(25)37-29)18-22-15-21(11-14-26(22)36-4-2)23-16-32-19-33-17-23/h5-8,11,14-17,19-20,24H,3-4,9-10,12-13,18H2,1-2H3/t20-,24-. The van der Waals surface area contributed by atoms with Gasteiger partial charge >= 0.3 is 0 Å². The molecule has 4 aromatic rings. The maximum absolute atomic E-state index is 14.2. The molecule has 0 N–H and O–H groups in total. The van der Waals surface area contributed by atoms with Crippen molar-refractivity contribution >= 4 is 38.9 Å². The average molecular weight is 534 g/mol. The van der Waals surface area contributed by atoms with Crippen molar-refractivity contribution in [1.82, 2.24) is 14.9 Å². The van der Waals surface area contributed by atoms with Crippen LogP contribution in [0.3, 0.4) is 0 Å². The van der Waals surface area contributed by atoms with Crippen molar-refractivity contribution in [2.45, 2.75) is 58.5 Å². The van der Waals surface area contributed by atoms with Crippen LogP contribution in [0.25, 0.3) is 21.2 Å². The first kappa shape index (κ1) is 25.7. The van der Waals surface area contributed by atoms with Crippen molar-refractivity contribution in [2.24, 2.45) is 5.92 Å². The number of benzene rings is 2. The van der Waals surface area contributed by atoms with E-state index >= 15 is 0 Å². The lowest BCUT2D eigenvalue weighted by atomic mass is 9.83. The van der Waals surface area contributed by atoms with Crippen molar-refractivity contribution in [3.05, 3.63) is 76.6 Å². The van der Waals surface area contributed by atoms with E-state index in [1.165, 1.54) is 24.1 Å². The zero-order valence-corrected chi connectivity index (χ0v) is 22.9. The summed E-state index contributed by atoms with van der Waals surface area (Å²) < 4.78 is 7.05. The van der Waals surface area contributed by atoms with Gasteiger partial charge in [-0.05, 0) is 62.3 Å². The Morgan fingerprint density at radius 1 is 1.05 bits per heavy atom. The van der Waals surface area contributed by atoms with Crippen LogP contribution in [0.15, 0.2) is 61.2 Å².